The van der Waals surface area contributed by atoms with Crippen LogP contribution in [0, 0.1) is 11.3 Å². The molecule has 0 unspecified atom stereocenters. The zero-order valence-corrected chi connectivity index (χ0v) is 10.6. The van der Waals surface area contributed by atoms with Crippen LogP contribution in [0.25, 0.3) is 11.3 Å². The maximum atomic E-state index is 11.1. The summed E-state index contributed by atoms with van der Waals surface area (Å²) in [5, 5.41) is 15.3. The number of aromatic amines is 1. The minimum atomic E-state index is -0.367. The van der Waals surface area contributed by atoms with E-state index in [2.05, 4.69) is 17.1 Å². The summed E-state index contributed by atoms with van der Waals surface area (Å²) in [4.78, 5) is 12.3. The normalized spacial score (nSPS) is 10.0. The number of thioether (sulfide) groups is 1. The third kappa shape index (κ3) is 2.60. The van der Waals surface area contributed by atoms with Crippen LogP contribution in [0.1, 0.15) is 12.5 Å². The Bertz CT molecular complexity index is 641. The maximum Gasteiger partial charge on any atom is 0.265 e. The lowest BCUT2D eigenvalue weighted by Crippen LogP contribution is -2.08. The van der Waals surface area contributed by atoms with Crippen molar-refractivity contribution in [1.29, 1.82) is 5.26 Å². The summed E-state index contributed by atoms with van der Waals surface area (Å²) in [6.07, 6.45) is 0. The van der Waals surface area contributed by atoms with Crippen molar-refractivity contribution < 1.29 is 0 Å². The zero-order valence-electron chi connectivity index (χ0n) is 9.80. The highest BCUT2D eigenvalue weighted by Crippen LogP contribution is 2.23. The molecule has 0 spiro atoms. The van der Waals surface area contributed by atoms with Gasteiger partial charge in [0.25, 0.3) is 5.56 Å². The molecule has 1 heterocycles. The van der Waals surface area contributed by atoms with E-state index in [4.69, 9.17) is 5.26 Å². The Morgan fingerprint density at radius 2 is 2.11 bits per heavy atom. The van der Waals surface area contributed by atoms with Crippen LogP contribution in [-0.4, -0.2) is 16.0 Å². The molecule has 0 aliphatic heterocycles. The van der Waals surface area contributed by atoms with Crippen LogP contribution in [-0.2, 0) is 0 Å². The van der Waals surface area contributed by atoms with Crippen molar-refractivity contribution in [2.45, 2.75) is 11.8 Å². The fraction of sp³-hybridized carbons (Fsp3) is 0.154. The molecule has 5 heteroatoms. The number of aromatic nitrogens is 2. The van der Waals surface area contributed by atoms with E-state index in [0.29, 0.717) is 5.69 Å². The Morgan fingerprint density at radius 3 is 2.72 bits per heavy atom. The first-order chi connectivity index (χ1) is 8.74. The lowest BCUT2D eigenvalue weighted by molar-refractivity contribution is 0.989. The summed E-state index contributed by atoms with van der Waals surface area (Å²) in [5.74, 6) is 1.01. The summed E-state index contributed by atoms with van der Waals surface area (Å²) < 4.78 is 0. The van der Waals surface area contributed by atoms with E-state index in [1.165, 1.54) is 11.0 Å². The van der Waals surface area contributed by atoms with Crippen LogP contribution in [0.4, 0.5) is 0 Å². The van der Waals surface area contributed by atoms with E-state index in [-0.39, 0.29) is 11.1 Å². The second-order valence-electron chi connectivity index (χ2n) is 3.56. The van der Waals surface area contributed by atoms with Gasteiger partial charge < -0.3 is 0 Å². The fourth-order valence-electron chi connectivity index (χ4n) is 1.58. The van der Waals surface area contributed by atoms with Gasteiger partial charge in [0.05, 0.1) is 5.56 Å². The standard InChI is InChI=1S/C13H11N3OS/c1-2-18-11-5-3-9(4-6-11)13-10(8-14)7-12(17)15-16-13/h3-7H,2H2,1H3,(H,15,17). The van der Waals surface area contributed by atoms with Crippen LogP contribution < -0.4 is 5.56 Å². The summed E-state index contributed by atoms with van der Waals surface area (Å²) >= 11 is 1.75. The van der Waals surface area contributed by atoms with Crippen molar-refractivity contribution in [2.75, 3.05) is 5.75 Å². The second-order valence-corrected chi connectivity index (χ2v) is 4.90. The van der Waals surface area contributed by atoms with Crippen LogP contribution >= 0.6 is 11.8 Å². The van der Waals surface area contributed by atoms with Crippen molar-refractivity contribution in [2.24, 2.45) is 0 Å². The predicted molar refractivity (Wildman–Crippen MR) is 71.4 cm³/mol. The quantitative estimate of drug-likeness (QED) is 0.857. The Morgan fingerprint density at radius 1 is 1.39 bits per heavy atom. The van der Waals surface area contributed by atoms with Crippen LogP contribution in [0.2, 0.25) is 0 Å². The highest BCUT2D eigenvalue weighted by molar-refractivity contribution is 7.99. The number of nitrogens with one attached hydrogen (secondary N) is 1. The highest BCUT2D eigenvalue weighted by Gasteiger charge is 2.07. The first-order valence-electron chi connectivity index (χ1n) is 5.47. The van der Waals surface area contributed by atoms with Crippen LogP contribution in [0.3, 0.4) is 0 Å². The molecule has 0 saturated carbocycles. The molecule has 1 N–H and O–H groups in total. The summed E-state index contributed by atoms with van der Waals surface area (Å²) in [7, 11) is 0. The van der Waals surface area contributed by atoms with Gasteiger partial charge in [-0.15, -0.1) is 11.8 Å². The Labute approximate surface area is 109 Å². The Balaban J connectivity index is 2.43. The molecular formula is C13H11N3OS. The van der Waals surface area contributed by atoms with Gasteiger partial charge in [0, 0.05) is 16.5 Å². The van der Waals surface area contributed by atoms with E-state index in [1.807, 2.05) is 30.3 Å². The number of hydrogen-bond acceptors (Lipinski definition) is 4. The largest absolute Gasteiger partial charge is 0.268 e. The number of nitrogens with zero attached hydrogens (tertiary/aromatic N) is 2. The first kappa shape index (κ1) is 12.4. The van der Waals surface area contributed by atoms with Crippen molar-refractivity contribution in [1.82, 2.24) is 10.2 Å². The van der Waals surface area contributed by atoms with Crippen LogP contribution in [0.15, 0.2) is 40.0 Å². The smallest absolute Gasteiger partial charge is 0.265 e. The molecule has 0 aliphatic carbocycles. The number of benzene rings is 1. The van der Waals surface area contributed by atoms with E-state index in [9.17, 15) is 4.79 Å². The van der Waals surface area contributed by atoms with Gasteiger partial charge in [-0.05, 0) is 17.9 Å². The monoisotopic (exact) mass is 257 g/mol. The van der Waals surface area contributed by atoms with Crippen molar-refractivity contribution in [3.05, 3.63) is 46.2 Å². The molecule has 0 aliphatic rings. The third-order valence-corrected chi connectivity index (χ3v) is 3.26. The SMILES string of the molecule is CCSc1ccc(-c2n[nH]c(=O)cc2C#N)cc1. The predicted octanol–water partition coefficient (Wildman–Crippen LogP) is 2.42. The highest BCUT2D eigenvalue weighted by atomic mass is 32.2. The number of rotatable bonds is 3. The molecule has 2 rings (SSSR count). The molecular weight excluding hydrogens is 246 g/mol. The molecule has 0 fully saturated rings. The van der Waals surface area contributed by atoms with E-state index in [0.717, 1.165) is 11.3 Å². The molecule has 1 aromatic heterocycles. The fourth-order valence-corrected chi connectivity index (χ4v) is 2.25. The molecule has 0 atom stereocenters. The molecule has 2 aromatic rings. The maximum absolute atomic E-state index is 11.1. The Hall–Kier alpha value is -2.06. The molecule has 1 aromatic carbocycles. The summed E-state index contributed by atoms with van der Waals surface area (Å²) in [5.41, 5.74) is 1.25. The summed E-state index contributed by atoms with van der Waals surface area (Å²) in [6.45, 7) is 2.09. The van der Waals surface area contributed by atoms with E-state index in [1.54, 1.807) is 11.8 Å². The molecule has 0 saturated heterocycles. The van der Waals surface area contributed by atoms with Crippen molar-refractivity contribution in [3.63, 3.8) is 0 Å². The molecule has 0 radical (unpaired) electrons. The molecule has 0 bridgehead atoms. The van der Waals surface area contributed by atoms with Crippen molar-refractivity contribution >= 4 is 11.8 Å². The molecule has 18 heavy (non-hydrogen) atoms. The van der Waals surface area contributed by atoms with E-state index < -0.39 is 0 Å². The molecule has 0 amide bonds. The average Bonchev–Trinajstić information content (AvgIpc) is 2.40. The number of H-pyrrole nitrogens is 1. The topological polar surface area (TPSA) is 69.5 Å². The third-order valence-electron chi connectivity index (χ3n) is 2.37. The second kappa shape index (κ2) is 5.52. The molecule has 90 valence electrons. The first-order valence-corrected chi connectivity index (χ1v) is 6.46. The lowest BCUT2D eigenvalue weighted by Gasteiger charge is -2.03. The van der Waals surface area contributed by atoms with Gasteiger partial charge in [-0.3, -0.25) is 4.79 Å². The van der Waals surface area contributed by atoms with Gasteiger partial charge in [0.1, 0.15) is 11.8 Å². The van der Waals surface area contributed by atoms with Gasteiger partial charge >= 0.3 is 0 Å². The zero-order chi connectivity index (χ0) is 13.0. The summed E-state index contributed by atoms with van der Waals surface area (Å²) in [6, 6.07) is 11.0. The van der Waals surface area contributed by atoms with Crippen molar-refractivity contribution in [3.8, 4) is 17.3 Å². The minimum absolute atomic E-state index is 0.287. The van der Waals surface area contributed by atoms with Gasteiger partial charge in [0.2, 0.25) is 0 Å². The van der Waals surface area contributed by atoms with Gasteiger partial charge in [0.15, 0.2) is 0 Å². The van der Waals surface area contributed by atoms with Gasteiger partial charge in [-0.1, -0.05) is 19.1 Å². The lowest BCUT2D eigenvalue weighted by atomic mass is 10.1. The van der Waals surface area contributed by atoms with E-state index >= 15 is 0 Å². The average molecular weight is 257 g/mol. The minimum Gasteiger partial charge on any atom is -0.268 e. The molecule has 4 nitrogen and oxygen atoms in total. The van der Waals surface area contributed by atoms with Crippen LogP contribution in [0.5, 0.6) is 0 Å². The number of nitriles is 1. The number of hydrogen-bond donors (Lipinski definition) is 1. The Kier molecular flexibility index (Phi) is 3.80. The van der Waals surface area contributed by atoms with Gasteiger partial charge in [-0.25, -0.2) is 5.10 Å². The van der Waals surface area contributed by atoms with Gasteiger partial charge in [-0.2, -0.15) is 10.4 Å².